The summed E-state index contributed by atoms with van der Waals surface area (Å²) in [6.07, 6.45) is 0. The molecular formula is C20H14O3P2S. The lowest BCUT2D eigenvalue weighted by Crippen LogP contribution is -2.12. The first kappa shape index (κ1) is 16.2. The Kier molecular flexibility index (Phi) is 3.76. The van der Waals surface area contributed by atoms with Gasteiger partial charge in [0.05, 0.1) is 0 Å². The van der Waals surface area contributed by atoms with Crippen molar-refractivity contribution in [3.05, 3.63) is 60.7 Å². The van der Waals surface area contributed by atoms with E-state index in [0.29, 0.717) is 11.5 Å². The Balaban J connectivity index is 2.07. The van der Waals surface area contributed by atoms with Crippen LogP contribution in [0.4, 0.5) is 0 Å². The first-order valence-corrected chi connectivity index (χ1v) is 10.2. The van der Waals surface area contributed by atoms with Crippen molar-refractivity contribution in [2.45, 2.75) is 0 Å². The fourth-order valence-corrected chi connectivity index (χ4v) is 5.13. The van der Waals surface area contributed by atoms with Gasteiger partial charge in [-0.1, -0.05) is 48.5 Å². The average molecular weight is 396 g/mol. The van der Waals surface area contributed by atoms with Crippen LogP contribution in [0.3, 0.4) is 0 Å². The van der Waals surface area contributed by atoms with Crippen LogP contribution in [0.1, 0.15) is 0 Å². The van der Waals surface area contributed by atoms with Crippen LogP contribution in [0.2, 0.25) is 0 Å². The fourth-order valence-electron chi connectivity index (χ4n) is 3.53. The molecule has 0 amide bonds. The van der Waals surface area contributed by atoms with Crippen LogP contribution in [0.5, 0.6) is 11.5 Å². The van der Waals surface area contributed by atoms with E-state index in [1.54, 1.807) is 0 Å². The zero-order chi connectivity index (χ0) is 17.8. The van der Waals surface area contributed by atoms with Crippen molar-refractivity contribution in [2.24, 2.45) is 0 Å². The van der Waals surface area contributed by atoms with Crippen molar-refractivity contribution in [2.75, 3.05) is 0 Å². The molecule has 0 radical (unpaired) electrons. The number of benzene rings is 4. The van der Waals surface area contributed by atoms with E-state index in [-0.39, 0.29) is 0 Å². The minimum Gasteiger partial charge on any atom is -0.370 e. The van der Waals surface area contributed by atoms with Crippen LogP contribution < -0.4 is 19.0 Å². The van der Waals surface area contributed by atoms with Gasteiger partial charge >= 0.3 is 11.4 Å². The molecule has 0 aromatic heterocycles. The third-order valence-electron chi connectivity index (χ3n) is 4.61. The largest absolute Gasteiger partial charge is 0.417 e. The molecule has 0 spiro atoms. The molecule has 0 fully saturated rings. The zero-order valence-electron chi connectivity index (χ0n) is 13.6. The molecule has 2 atom stereocenters. The number of hydrogen-bond donors (Lipinski definition) is 0. The maximum Gasteiger partial charge on any atom is 0.417 e. The molecule has 0 saturated carbocycles. The predicted molar refractivity (Wildman–Crippen MR) is 115 cm³/mol. The maximum atomic E-state index is 12.4. The van der Waals surface area contributed by atoms with E-state index >= 15 is 0 Å². The van der Waals surface area contributed by atoms with Gasteiger partial charge in [-0.2, -0.15) is 4.21 Å². The van der Waals surface area contributed by atoms with Crippen molar-refractivity contribution in [1.29, 1.82) is 0 Å². The van der Waals surface area contributed by atoms with E-state index in [1.165, 1.54) is 0 Å². The Labute approximate surface area is 158 Å². The van der Waals surface area contributed by atoms with E-state index < -0.39 is 11.4 Å². The highest BCUT2D eigenvalue weighted by Gasteiger charge is 2.28. The lowest BCUT2D eigenvalue weighted by molar-refractivity contribution is 0.472. The van der Waals surface area contributed by atoms with Crippen LogP contribution >= 0.6 is 18.5 Å². The molecule has 1 aliphatic heterocycles. The van der Waals surface area contributed by atoms with Crippen LogP contribution in [-0.2, 0) is 11.4 Å². The van der Waals surface area contributed by atoms with Gasteiger partial charge in [0, 0.05) is 21.7 Å². The number of fused-ring (bicyclic) bond motifs is 7. The van der Waals surface area contributed by atoms with Gasteiger partial charge < -0.3 is 8.37 Å². The number of hydrogen-bond acceptors (Lipinski definition) is 3. The summed E-state index contributed by atoms with van der Waals surface area (Å²) in [7, 11) is 5.37. The summed E-state index contributed by atoms with van der Waals surface area (Å²) in [5.41, 5.74) is 1.82. The van der Waals surface area contributed by atoms with Crippen LogP contribution in [-0.4, -0.2) is 4.21 Å². The maximum absolute atomic E-state index is 12.4. The molecule has 26 heavy (non-hydrogen) atoms. The minimum absolute atomic E-state index is 0.575. The first-order valence-electron chi connectivity index (χ1n) is 8.04. The fraction of sp³-hybridized carbons (Fsp3) is 0. The molecule has 0 N–H and O–H groups in total. The van der Waals surface area contributed by atoms with Gasteiger partial charge in [0.25, 0.3) is 0 Å². The first-order chi connectivity index (χ1) is 12.6. The predicted octanol–water partition coefficient (Wildman–Crippen LogP) is 4.01. The Hall–Kier alpha value is -1.99. The summed E-state index contributed by atoms with van der Waals surface area (Å²) >= 11 is -1.91. The van der Waals surface area contributed by atoms with Gasteiger partial charge in [0.1, 0.15) is 0 Å². The Bertz CT molecular complexity index is 1140. The topological polar surface area (TPSA) is 35.5 Å². The molecule has 4 aromatic carbocycles. The molecule has 5 rings (SSSR count). The van der Waals surface area contributed by atoms with E-state index in [9.17, 15) is 4.21 Å². The summed E-state index contributed by atoms with van der Waals surface area (Å²) in [5, 5.41) is 5.97. The van der Waals surface area contributed by atoms with Crippen LogP contribution in [0.15, 0.2) is 60.7 Å². The molecule has 6 heteroatoms. The molecule has 128 valence electrons. The Morgan fingerprint density at radius 3 is 1.58 bits per heavy atom. The quantitative estimate of drug-likeness (QED) is 0.422. The molecule has 4 aromatic rings. The molecule has 1 aliphatic rings. The van der Waals surface area contributed by atoms with Crippen molar-refractivity contribution >= 4 is 62.0 Å². The highest BCUT2D eigenvalue weighted by atomic mass is 32.2. The van der Waals surface area contributed by atoms with Gasteiger partial charge in [-0.15, -0.1) is 18.5 Å². The van der Waals surface area contributed by atoms with Crippen molar-refractivity contribution in [3.63, 3.8) is 0 Å². The highest BCUT2D eigenvalue weighted by Crippen LogP contribution is 2.47. The van der Waals surface area contributed by atoms with Gasteiger partial charge in [0.2, 0.25) is 0 Å². The van der Waals surface area contributed by atoms with E-state index in [0.717, 1.165) is 43.3 Å². The summed E-state index contributed by atoms with van der Waals surface area (Å²) in [6, 6.07) is 20.3. The molecule has 2 unspecified atom stereocenters. The highest BCUT2D eigenvalue weighted by molar-refractivity contribution is 7.76. The lowest BCUT2D eigenvalue weighted by Gasteiger charge is -2.15. The molecule has 0 aliphatic carbocycles. The molecule has 3 nitrogen and oxygen atoms in total. The van der Waals surface area contributed by atoms with E-state index in [2.05, 4.69) is 42.7 Å². The normalized spacial score (nSPS) is 13.6. The summed E-state index contributed by atoms with van der Waals surface area (Å²) in [5.74, 6) is 1.15. The summed E-state index contributed by atoms with van der Waals surface area (Å²) in [4.78, 5) is 0. The third-order valence-corrected chi connectivity index (χ3v) is 6.08. The zero-order valence-corrected chi connectivity index (χ0v) is 16.7. The minimum atomic E-state index is -1.91. The molecular weight excluding hydrogens is 382 g/mol. The van der Waals surface area contributed by atoms with Crippen LogP contribution in [0.25, 0.3) is 32.7 Å². The van der Waals surface area contributed by atoms with Crippen LogP contribution in [0, 0.1) is 0 Å². The number of rotatable bonds is 0. The average Bonchev–Trinajstić information content (AvgIpc) is 2.79. The van der Waals surface area contributed by atoms with Crippen molar-refractivity contribution in [3.8, 4) is 22.6 Å². The second-order valence-electron chi connectivity index (χ2n) is 6.15. The molecule has 1 heterocycles. The standard InChI is InChI=1S/C20H14O3P2S/c21-26-22-19-15(24)9-11-5-1-3-7-13(11)17(19)18-14-8-4-2-6-12(14)10-16(25)20(18)23-26/h1-10H,24-25H2. The second kappa shape index (κ2) is 6.03. The van der Waals surface area contributed by atoms with Gasteiger partial charge in [0.15, 0.2) is 11.5 Å². The summed E-state index contributed by atoms with van der Waals surface area (Å²) < 4.78 is 23.8. The Morgan fingerprint density at radius 2 is 1.12 bits per heavy atom. The van der Waals surface area contributed by atoms with E-state index in [1.807, 2.05) is 36.4 Å². The summed E-state index contributed by atoms with van der Waals surface area (Å²) in [6.45, 7) is 0. The van der Waals surface area contributed by atoms with Crippen molar-refractivity contribution < 1.29 is 12.6 Å². The monoisotopic (exact) mass is 396 g/mol. The van der Waals surface area contributed by atoms with E-state index in [4.69, 9.17) is 8.37 Å². The molecule has 0 bridgehead atoms. The van der Waals surface area contributed by atoms with Gasteiger partial charge in [-0.05, 0) is 33.7 Å². The van der Waals surface area contributed by atoms with Gasteiger partial charge in [-0.3, -0.25) is 0 Å². The smallest absolute Gasteiger partial charge is 0.370 e. The second-order valence-corrected chi connectivity index (χ2v) is 8.14. The third kappa shape index (κ3) is 2.37. The Morgan fingerprint density at radius 1 is 0.692 bits per heavy atom. The van der Waals surface area contributed by atoms with Crippen molar-refractivity contribution in [1.82, 2.24) is 0 Å². The lowest BCUT2D eigenvalue weighted by atomic mass is 9.92. The SMILES string of the molecule is O=S1Oc2c(P)cc3ccccc3c2-c2c(c(P)cc3ccccc23)O1. The van der Waals surface area contributed by atoms with Gasteiger partial charge in [-0.25, -0.2) is 0 Å². The molecule has 0 saturated heterocycles.